The lowest BCUT2D eigenvalue weighted by atomic mass is 10.0. The fourth-order valence-corrected chi connectivity index (χ4v) is 3.03. The van der Waals surface area contributed by atoms with Gasteiger partial charge in [-0.3, -0.25) is 4.79 Å². The molecule has 0 saturated carbocycles. The molecule has 0 spiro atoms. The molecular formula is C19H30N2O2. The van der Waals surface area contributed by atoms with Gasteiger partial charge in [-0.2, -0.15) is 0 Å². The Kier molecular flexibility index (Phi) is 6.46. The normalized spacial score (nSPS) is 17.7. The van der Waals surface area contributed by atoms with Gasteiger partial charge in [-0.05, 0) is 63.8 Å². The highest BCUT2D eigenvalue weighted by atomic mass is 16.5. The van der Waals surface area contributed by atoms with Crippen molar-refractivity contribution in [1.82, 2.24) is 10.2 Å². The second-order valence-electron chi connectivity index (χ2n) is 6.58. The van der Waals surface area contributed by atoms with E-state index in [4.69, 9.17) is 4.74 Å². The van der Waals surface area contributed by atoms with Crippen LogP contribution in [0, 0.1) is 13.8 Å². The van der Waals surface area contributed by atoms with Crippen molar-refractivity contribution in [1.29, 1.82) is 0 Å². The topological polar surface area (TPSA) is 41.6 Å². The average molecular weight is 318 g/mol. The first-order valence-electron chi connectivity index (χ1n) is 8.76. The van der Waals surface area contributed by atoms with Crippen LogP contribution in [0.3, 0.4) is 0 Å². The molecule has 1 heterocycles. The average Bonchev–Trinajstić information content (AvgIpc) is 2.54. The molecule has 0 unspecified atom stereocenters. The van der Waals surface area contributed by atoms with E-state index in [0.717, 1.165) is 43.8 Å². The number of carbonyl (C=O) groups is 1. The van der Waals surface area contributed by atoms with Crippen LogP contribution in [0.25, 0.3) is 0 Å². The highest BCUT2D eigenvalue weighted by Crippen LogP contribution is 2.22. The number of nitrogens with zero attached hydrogens (tertiary/aromatic N) is 1. The number of rotatable bonds is 6. The van der Waals surface area contributed by atoms with Crippen LogP contribution in [-0.2, 0) is 4.79 Å². The number of aryl methyl sites for hydroxylation is 1. The highest BCUT2D eigenvalue weighted by Gasteiger charge is 2.23. The van der Waals surface area contributed by atoms with E-state index in [1.807, 2.05) is 26.0 Å². The van der Waals surface area contributed by atoms with E-state index in [2.05, 4.69) is 30.1 Å². The van der Waals surface area contributed by atoms with Crippen LogP contribution in [0.2, 0.25) is 0 Å². The number of nitrogens with one attached hydrogen (secondary N) is 1. The van der Waals surface area contributed by atoms with Crippen molar-refractivity contribution in [3.05, 3.63) is 29.3 Å². The zero-order chi connectivity index (χ0) is 16.8. The molecule has 1 atom stereocenters. The lowest BCUT2D eigenvalue weighted by Crippen LogP contribution is -2.48. The van der Waals surface area contributed by atoms with Crippen LogP contribution in [0.5, 0.6) is 5.75 Å². The maximum atomic E-state index is 12.4. The Bertz CT molecular complexity index is 522. The van der Waals surface area contributed by atoms with Gasteiger partial charge >= 0.3 is 0 Å². The zero-order valence-corrected chi connectivity index (χ0v) is 14.9. The largest absolute Gasteiger partial charge is 0.481 e. The molecule has 4 heteroatoms. The summed E-state index contributed by atoms with van der Waals surface area (Å²) in [5.74, 6) is 0.783. The summed E-state index contributed by atoms with van der Waals surface area (Å²) in [4.78, 5) is 14.8. The number of carbonyl (C=O) groups excluding carboxylic acids is 1. The molecule has 128 valence electrons. The van der Waals surface area contributed by atoms with Crippen molar-refractivity contribution in [3.63, 3.8) is 0 Å². The van der Waals surface area contributed by atoms with Gasteiger partial charge in [0, 0.05) is 19.1 Å². The molecule has 0 radical (unpaired) electrons. The monoisotopic (exact) mass is 318 g/mol. The number of ether oxygens (including phenoxy) is 1. The lowest BCUT2D eigenvalue weighted by molar-refractivity contribution is -0.128. The minimum Gasteiger partial charge on any atom is -0.481 e. The number of benzene rings is 1. The van der Waals surface area contributed by atoms with Gasteiger partial charge in [0.1, 0.15) is 5.75 Å². The summed E-state index contributed by atoms with van der Waals surface area (Å²) in [6.45, 7) is 11.4. The van der Waals surface area contributed by atoms with Crippen molar-refractivity contribution in [3.8, 4) is 5.75 Å². The van der Waals surface area contributed by atoms with Crippen LogP contribution < -0.4 is 10.1 Å². The second kappa shape index (κ2) is 8.34. The molecule has 1 aliphatic heterocycles. The second-order valence-corrected chi connectivity index (χ2v) is 6.58. The summed E-state index contributed by atoms with van der Waals surface area (Å²) in [7, 11) is 0. The molecule has 0 aliphatic carbocycles. The quantitative estimate of drug-likeness (QED) is 0.876. The number of piperidine rings is 1. The molecule has 1 aromatic rings. The molecular weight excluding hydrogens is 288 g/mol. The van der Waals surface area contributed by atoms with Crippen molar-refractivity contribution in [2.75, 3.05) is 19.6 Å². The first kappa shape index (κ1) is 17.8. The van der Waals surface area contributed by atoms with E-state index in [1.165, 1.54) is 12.0 Å². The predicted octanol–water partition coefficient (Wildman–Crippen LogP) is 3.06. The Morgan fingerprint density at radius 3 is 2.70 bits per heavy atom. The molecule has 1 saturated heterocycles. The molecule has 23 heavy (non-hydrogen) atoms. The van der Waals surface area contributed by atoms with Crippen LogP contribution in [0.1, 0.15) is 44.2 Å². The summed E-state index contributed by atoms with van der Waals surface area (Å²) in [6, 6.07) is 6.22. The van der Waals surface area contributed by atoms with E-state index in [-0.39, 0.29) is 11.9 Å². The van der Waals surface area contributed by atoms with Crippen LogP contribution >= 0.6 is 0 Å². The van der Waals surface area contributed by atoms with Crippen molar-refractivity contribution in [2.24, 2.45) is 0 Å². The Morgan fingerprint density at radius 1 is 1.35 bits per heavy atom. The first-order chi connectivity index (χ1) is 11.0. The molecule has 1 fully saturated rings. The summed E-state index contributed by atoms with van der Waals surface area (Å²) in [5.41, 5.74) is 2.28. The molecule has 4 nitrogen and oxygen atoms in total. The fourth-order valence-electron chi connectivity index (χ4n) is 3.03. The van der Waals surface area contributed by atoms with E-state index >= 15 is 0 Å². The maximum Gasteiger partial charge on any atom is 0.260 e. The number of hydrogen-bond acceptors (Lipinski definition) is 3. The summed E-state index contributed by atoms with van der Waals surface area (Å²) < 4.78 is 5.87. The minimum absolute atomic E-state index is 0.0140. The molecule has 0 bridgehead atoms. The van der Waals surface area contributed by atoms with Gasteiger partial charge in [0.05, 0.1) is 0 Å². The zero-order valence-electron chi connectivity index (χ0n) is 14.9. The Balaban J connectivity index is 1.83. The van der Waals surface area contributed by atoms with Crippen LogP contribution in [0.4, 0.5) is 0 Å². The standard InChI is InChI=1S/C19H30N2O2/c1-5-11-21-12-9-17(10-13-21)20-19(22)16(4)23-18-8-6-7-14(2)15(18)3/h6-8,16-17H,5,9-13H2,1-4H3,(H,20,22)/t16-/m0/s1. The summed E-state index contributed by atoms with van der Waals surface area (Å²) in [6.07, 6.45) is 2.78. The predicted molar refractivity (Wildman–Crippen MR) is 93.9 cm³/mol. The number of likely N-dealkylation sites (tertiary alicyclic amines) is 1. The van der Waals surface area contributed by atoms with E-state index in [0.29, 0.717) is 0 Å². The highest BCUT2D eigenvalue weighted by molar-refractivity contribution is 5.81. The van der Waals surface area contributed by atoms with Gasteiger partial charge in [-0.15, -0.1) is 0 Å². The molecule has 1 N–H and O–H groups in total. The molecule has 2 rings (SSSR count). The Labute approximate surface area is 140 Å². The SMILES string of the molecule is CCCN1CCC(NC(=O)[C@H](C)Oc2cccc(C)c2C)CC1. The smallest absolute Gasteiger partial charge is 0.260 e. The van der Waals surface area contributed by atoms with Gasteiger partial charge in [-0.25, -0.2) is 0 Å². The third-order valence-corrected chi connectivity index (χ3v) is 4.70. The fraction of sp³-hybridized carbons (Fsp3) is 0.632. The third-order valence-electron chi connectivity index (χ3n) is 4.70. The van der Waals surface area contributed by atoms with Crippen molar-refractivity contribution in [2.45, 2.75) is 59.1 Å². The van der Waals surface area contributed by atoms with Gasteiger partial charge in [0.25, 0.3) is 5.91 Å². The molecule has 1 amide bonds. The molecule has 1 aliphatic rings. The maximum absolute atomic E-state index is 12.4. The van der Waals surface area contributed by atoms with Gasteiger partial charge < -0.3 is 15.0 Å². The molecule has 1 aromatic carbocycles. The number of hydrogen-bond donors (Lipinski definition) is 1. The van der Waals surface area contributed by atoms with Crippen molar-refractivity contribution >= 4 is 5.91 Å². The van der Waals surface area contributed by atoms with Gasteiger partial charge in [0.15, 0.2) is 6.10 Å². The Morgan fingerprint density at radius 2 is 2.04 bits per heavy atom. The van der Waals surface area contributed by atoms with Gasteiger partial charge in [-0.1, -0.05) is 19.1 Å². The Hall–Kier alpha value is -1.55. The summed E-state index contributed by atoms with van der Waals surface area (Å²) in [5, 5.41) is 3.15. The van der Waals surface area contributed by atoms with Crippen LogP contribution in [0.15, 0.2) is 18.2 Å². The van der Waals surface area contributed by atoms with E-state index in [9.17, 15) is 4.79 Å². The van der Waals surface area contributed by atoms with Crippen LogP contribution in [-0.4, -0.2) is 42.6 Å². The first-order valence-corrected chi connectivity index (χ1v) is 8.76. The van der Waals surface area contributed by atoms with Gasteiger partial charge in [0.2, 0.25) is 0 Å². The third kappa shape index (κ3) is 4.96. The molecule has 0 aromatic heterocycles. The summed E-state index contributed by atoms with van der Waals surface area (Å²) >= 11 is 0. The number of amides is 1. The van der Waals surface area contributed by atoms with E-state index < -0.39 is 6.10 Å². The van der Waals surface area contributed by atoms with Crippen molar-refractivity contribution < 1.29 is 9.53 Å². The lowest BCUT2D eigenvalue weighted by Gasteiger charge is -2.32. The van der Waals surface area contributed by atoms with E-state index in [1.54, 1.807) is 0 Å². The minimum atomic E-state index is -0.468.